The van der Waals surface area contributed by atoms with E-state index in [4.69, 9.17) is 8.92 Å². The number of hydrogen-bond acceptors (Lipinski definition) is 5. The van der Waals surface area contributed by atoms with Crippen LogP contribution in [0, 0.1) is 0 Å². The van der Waals surface area contributed by atoms with Gasteiger partial charge in [0.15, 0.2) is 5.76 Å². The number of carbonyl (C=O) groups is 1. The van der Waals surface area contributed by atoms with Crippen LogP contribution in [-0.2, 0) is 16.5 Å². The van der Waals surface area contributed by atoms with Crippen molar-refractivity contribution in [3.63, 3.8) is 0 Å². The first-order chi connectivity index (χ1) is 11.4. The number of rotatable bonds is 4. The Hall–Kier alpha value is -2.60. The van der Waals surface area contributed by atoms with E-state index in [1.165, 1.54) is 23.8 Å². The molecule has 0 N–H and O–H groups in total. The average Bonchev–Trinajstić information content (AvgIpc) is 2.82. The van der Waals surface area contributed by atoms with Gasteiger partial charge in [0.1, 0.15) is 11.5 Å². The zero-order chi connectivity index (χ0) is 17.3. The van der Waals surface area contributed by atoms with Gasteiger partial charge in [-0.1, -0.05) is 31.2 Å². The molecule has 0 aliphatic carbocycles. The second-order valence-corrected chi connectivity index (χ2v) is 7.06. The van der Waals surface area contributed by atoms with Gasteiger partial charge in [-0.3, -0.25) is 4.79 Å². The Labute approximate surface area is 140 Å². The Morgan fingerprint density at radius 2 is 1.83 bits per heavy atom. The first kappa shape index (κ1) is 16.3. The van der Waals surface area contributed by atoms with Gasteiger partial charge in [0.25, 0.3) is 0 Å². The normalized spacial score (nSPS) is 15.2. The third kappa shape index (κ3) is 3.49. The minimum atomic E-state index is -3.63. The lowest BCUT2D eigenvalue weighted by Gasteiger charge is -2.04. The molecular weight excluding hydrogens is 328 g/mol. The molecule has 0 fully saturated rings. The van der Waals surface area contributed by atoms with Crippen molar-refractivity contribution in [2.75, 3.05) is 6.26 Å². The van der Waals surface area contributed by atoms with E-state index in [-0.39, 0.29) is 23.0 Å². The number of ketones is 1. The van der Waals surface area contributed by atoms with Crippen molar-refractivity contribution in [1.82, 2.24) is 0 Å². The molecule has 2 aromatic rings. The average molecular weight is 344 g/mol. The van der Waals surface area contributed by atoms with Gasteiger partial charge in [-0.25, -0.2) is 0 Å². The lowest BCUT2D eigenvalue weighted by atomic mass is 10.1. The monoisotopic (exact) mass is 344 g/mol. The van der Waals surface area contributed by atoms with Gasteiger partial charge >= 0.3 is 10.1 Å². The van der Waals surface area contributed by atoms with E-state index in [0.717, 1.165) is 18.2 Å². The third-order valence-corrected chi connectivity index (χ3v) is 4.07. The molecule has 3 rings (SSSR count). The van der Waals surface area contributed by atoms with Gasteiger partial charge in [0.05, 0.1) is 11.8 Å². The molecule has 0 atom stereocenters. The lowest BCUT2D eigenvalue weighted by molar-refractivity contribution is 0.101. The summed E-state index contributed by atoms with van der Waals surface area (Å²) in [5.74, 6) is 0.358. The zero-order valence-corrected chi connectivity index (χ0v) is 14.1. The zero-order valence-electron chi connectivity index (χ0n) is 13.3. The molecular formula is C18H16O5S. The van der Waals surface area contributed by atoms with Crippen LogP contribution < -0.4 is 8.92 Å². The summed E-state index contributed by atoms with van der Waals surface area (Å²) in [6, 6.07) is 12.2. The summed E-state index contributed by atoms with van der Waals surface area (Å²) in [5.41, 5.74) is 2.45. The number of benzene rings is 2. The van der Waals surface area contributed by atoms with Crippen molar-refractivity contribution < 1.29 is 22.1 Å². The molecule has 5 nitrogen and oxygen atoms in total. The van der Waals surface area contributed by atoms with E-state index in [0.29, 0.717) is 5.56 Å². The topological polar surface area (TPSA) is 69.7 Å². The fourth-order valence-electron chi connectivity index (χ4n) is 2.39. The largest absolute Gasteiger partial charge is 0.452 e. The SMILES string of the molecule is CCc1ccc(/C=C2/Oc3cc(OS(C)(=O)=O)ccc3C2=O)cc1. The third-order valence-electron chi connectivity index (χ3n) is 3.57. The van der Waals surface area contributed by atoms with E-state index >= 15 is 0 Å². The number of carbonyl (C=O) groups excluding carboxylic acids is 1. The Bertz CT molecular complexity index is 924. The molecule has 0 amide bonds. The molecule has 0 unspecified atom stereocenters. The number of aryl methyl sites for hydroxylation is 1. The Kier molecular flexibility index (Phi) is 4.15. The molecule has 0 bridgehead atoms. The maximum atomic E-state index is 12.4. The van der Waals surface area contributed by atoms with E-state index in [1.807, 2.05) is 24.3 Å². The van der Waals surface area contributed by atoms with Gasteiger partial charge in [-0.2, -0.15) is 8.42 Å². The second kappa shape index (κ2) is 6.13. The number of Topliss-reactive ketones (excluding diaryl/α,β-unsaturated/α-hetero) is 1. The van der Waals surface area contributed by atoms with Crippen LogP contribution in [0.1, 0.15) is 28.4 Å². The first-order valence-corrected chi connectivity index (χ1v) is 9.24. The van der Waals surface area contributed by atoms with Gasteiger partial charge < -0.3 is 8.92 Å². The summed E-state index contributed by atoms with van der Waals surface area (Å²) in [4.78, 5) is 12.4. The van der Waals surface area contributed by atoms with E-state index in [1.54, 1.807) is 6.08 Å². The van der Waals surface area contributed by atoms with Crippen LogP contribution in [0.4, 0.5) is 0 Å². The lowest BCUT2D eigenvalue weighted by Crippen LogP contribution is -2.05. The van der Waals surface area contributed by atoms with E-state index in [2.05, 4.69) is 6.92 Å². The fraction of sp³-hybridized carbons (Fsp3) is 0.167. The molecule has 1 heterocycles. The van der Waals surface area contributed by atoms with E-state index in [9.17, 15) is 13.2 Å². The molecule has 0 saturated carbocycles. The van der Waals surface area contributed by atoms with Crippen LogP contribution in [0.2, 0.25) is 0 Å². The Morgan fingerprint density at radius 3 is 2.46 bits per heavy atom. The van der Waals surface area contributed by atoms with Crippen molar-refractivity contribution in [3.8, 4) is 11.5 Å². The van der Waals surface area contributed by atoms with Crippen molar-refractivity contribution >= 4 is 22.0 Å². The van der Waals surface area contributed by atoms with Crippen LogP contribution in [0.5, 0.6) is 11.5 Å². The minimum Gasteiger partial charge on any atom is -0.452 e. The number of hydrogen-bond donors (Lipinski definition) is 0. The molecule has 6 heteroatoms. The summed E-state index contributed by atoms with van der Waals surface area (Å²) in [7, 11) is -3.63. The van der Waals surface area contributed by atoms with Crippen LogP contribution >= 0.6 is 0 Å². The van der Waals surface area contributed by atoms with Gasteiger partial charge in [0, 0.05) is 6.07 Å². The van der Waals surface area contributed by atoms with Crippen LogP contribution in [0.15, 0.2) is 48.2 Å². The highest BCUT2D eigenvalue weighted by molar-refractivity contribution is 7.86. The summed E-state index contributed by atoms with van der Waals surface area (Å²) in [5, 5.41) is 0. The Morgan fingerprint density at radius 1 is 1.12 bits per heavy atom. The molecule has 1 aliphatic rings. The molecule has 124 valence electrons. The highest BCUT2D eigenvalue weighted by Gasteiger charge is 2.28. The maximum absolute atomic E-state index is 12.4. The number of ether oxygens (including phenoxy) is 1. The molecule has 0 spiro atoms. The Balaban J connectivity index is 1.88. The number of fused-ring (bicyclic) bond motifs is 1. The molecule has 2 aromatic carbocycles. The quantitative estimate of drug-likeness (QED) is 0.629. The minimum absolute atomic E-state index is 0.109. The molecule has 24 heavy (non-hydrogen) atoms. The van der Waals surface area contributed by atoms with Crippen LogP contribution in [0.3, 0.4) is 0 Å². The molecule has 0 saturated heterocycles. The van der Waals surface area contributed by atoms with Crippen molar-refractivity contribution in [3.05, 3.63) is 64.9 Å². The highest BCUT2D eigenvalue weighted by Crippen LogP contribution is 2.35. The van der Waals surface area contributed by atoms with Crippen LogP contribution in [-0.4, -0.2) is 20.5 Å². The van der Waals surface area contributed by atoms with E-state index < -0.39 is 10.1 Å². The molecule has 0 radical (unpaired) electrons. The second-order valence-electron chi connectivity index (χ2n) is 5.48. The maximum Gasteiger partial charge on any atom is 0.306 e. The van der Waals surface area contributed by atoms with Crippen molar-refractivity contribution in [2.45, 2.75) is 13.3 Å². The summed E-state index contributed by atoms with van der Waals surface area (Å²) >= 11 is 0. The standard InChI is InChI=1S/C18H16O5S/c1-3-12-4-6-13(7-5-12)10-17-18(19)15-9-8-14(11-16(15)22-17)23-24(2,20)21/h4-11H,3H2,1-2H3/b17-10+. The fourth-order valence-corrected chi connectivity index (χ4v) is 2.85. The first-order valence-electron chi connectivity index (χ1n) is 7.42. The molecule has 1 aliphatic heterocycles. The number of allylic oxidation sites excluding steroid dienone is 1. The van der Waals surface area contributed by atoms with Gasteiger partial charge in [-0.15, -0.1) is 0 Å². The molecule has 0 aromatic heterocycles. The highest BCUT2D eigenvalue weighted by atomic mass is 32.2. The summed E-state index contributed by atoms with van der Waals surface area (Å²) in [6.07, 6.45) is 3.57. The smallest absolute Gasteiger partial charge is 0.306 e. The predicted octanol–water partition coefficient (Wildman–Crippen LogP) is 3.20. The van der Waals surface area contributed by atoms with Gasteiger partial charge in [0.2, 0.25) is 5.78 Å². The predicted molar refractivity (Wildman–Crippen MR) is 90.7 cm³/mol. The van der Waals surface area contributed by atoms with Crippen molar-refractivity contribution in [1.29, 1.82) is 0 Å². The van der Waals surface area contributed by atoms with Gasteiger partial charge in [-0.05, 0) is 35.8 Å². The van der Waals surface area contributed by atoms with Crippen molar-refractivity contribution in [2.24, 2.45) is 0 Å². The summed E-state index contributed by atoms with van der Waals surface area (Å²) in [6.45, 7) is 2.07. The summed E-state index contributed by atoms with van der Waals surface area (Å²) < 4.78 is 32.7. The van der Waals surface area contributed by atoms with Crippen LogP contribution in [0.25, 0.3) is 6.08 Å².